The number of likely N-dealkylation sites (N-methyl/N-ethyl adjacent to an activating group) is 1. The fraction of sp³-hybridized carbons (Fsp3) is 0.833. The third kappa shape index (κ3) is 9.26. The Morgan fingerprint density at radius 3 is 2.37 bits per heavy atom. The first-order valence-electron chi connectivity index (χ1n) is 6.30. The van der Waals surface area contributed by atoms with Crippen LogP contribution in [0.4, 0.5) is 4.79 Å². The molecule has 0 radical (unpaired) electrons. The van der Waals surface area contributed by atoms with Crippen LogP contribution in [-0.4, -0.2) is 65.4 Å². The third-order valence-corrected chi connectivity index (χ3v) is 2.79. The van der Waals surface area contributed by atoms with Crippen LogP contribution in [-0.2, 0) is 4.79 Å². The van der Waals surface area contributed by atoms with E-state index >= 15 is 0 Å². The van der Waals surface area contributed by atoms with Crippen LogP contribution in [0.25, 0.3) is 0 Å². The molecule has 0 aromatic rings. The third-order valence-electron chi connectivity index (χ3n) is 2.79. The van der Waals surface area contributed by atoms with Gasteiger partial charge in [0.15, 0.2) is 0 Å². The number of hydrogen-bond donors (Lipinski definition) is 4. The summed E-state index contributed by atoms with van der Waals surface area (Å²) in [5.41, 5.74) is -1.45. The summed E-state index contributed by atoms with van der Waals surface area (Å²) in [7, 11) is 1.96. The van der Waals surface area contributed by atoms with Gasteiger partial charge in [-0.15, -0.1) is 0 Å². The fourth-order valence-electron chi connectivity index (χ4n) is 1.33. The van der Waals surface area contributed by atoms with Gasteiger partial charge in [-0.1, -0.05) is 0 Å². The number of carboxylic acid groups (broad SMARTS) is 1. The van der Waals surface area contributed by atoms with Gasteiger partial charge in [0.2, 0.25) is 0 Å². The number of rotatable bonds is 8. The lowest BCUT2D eigenvalue weighted by atomic mass is 10.0. The Kier molecular flexibility index (Phi) is 7.40. The Balaban J connectivity index is 3.84. The van der Waals surface area contributed by atoms with E-state index in [1.165, 1.54) is 6.92 Å². The predicted octanol–water partition coefficient (Wildman–Crippen LogP) is -0.148. The second kappa shape index (κ2) is 7.96. The van der Waals surface area contributed by atoms with Gasteiger partial charge in [-0.2, -0.15) is 0 Å². The molecule has 1 atom stereocenters. The quantitative estimate of drug-likeness (QED) is 0.493. The molecule has 0 aliphatic carbocycles. The van der Waals surface area contributed by atoms with E-state index in [4.69, 9.17) is 5.11 Å². The molecular formula is C12H25N3O4. The predicted molar refractivity (Wildman–Crippen MR) is 72.0 cm³/mol. The van der Waals surface area contributed by atoms with Crippen LogP contribution in [0.2, 0.25) is 0 Å². The number of hydrogen-bond acceptors (Lipinski definition) is 4. The Bertz CT molecular complexity index is 305. The smallest absolute Gasteiger partial charge is 0.314 e. The zero-order valence-electron chi connectivity index (χ0n) is 12.1. The summed E-state index contributed by atoms with van der Waals surface area (Å²) >= 11 is 0. The van der Waals surface area contributed by atoms with Crippen LogP contribution < -0.4 is 10.6 Å². The number of nitrogens with zero attached hydrogens (tertiary/aromatic N) is 1. The van der Waals surface area contributed by atoms with Gasteiger partial charge in [-0.3, -0.25) is 4.79 Å². The summed E-state index contributed by atoms with van der Waals surface area (Å²) < 4.78 is 0. The minimum Gasteiger partial charge on any atom is -0.481 e. The van der Waals surface area contributed by atoms with E-state index in [2.05, 4.69) is 29.4 Å². The van der Waals surface area contributed by atoms with Gasteiger partial charge in [-0.25, -0.2) is 4.79 Å². The Labute approximate surface area is 114 Å². The Morgan fingerprint density at radius 2 is 1.89 bits per heavy atom. The highest BCUT2D eigenvalue weighted by Crippen LogP contribution is 2.06. The van der Waals surface area contributed by atoms with Gasteiger partial charge in [-0.05, 0) is 27.8 Å². The highest BCUT2D eigenvalue weighted by Gasteiger charge is 2.24. The molecule has 19 heavy (non-hydrogen) atoms. The largest absolute Gasteiger partial charge is 0.481 e. The minimum atomic E-state index is -1.45. The second-order valence-electron chi connectivity index (χ2n) is 5.25. The molecule has 0 bridgehead atoms. The maximum absolute atomic E-state index is 11.4. The van der Waals surface area contributed by atoms with Gasteiger partial charge in [0.1, 0.15) is 0 Å². The fourth-order valence-corrected chi connectivity index (χ4v) is 1.33. The topological polar surface area (TPSA) is 102 Å². The molecule has 0 aliphatic heterocycles. The van der Waals surface area contributed by atoms with Gasteiger partial charge in [0, 0.05) is 25.7 Å². The number of carbonyl (C=O) groups excluding carboxylic acids is 1. The van der Waals surface area contributed by atoms with Crippen LogP contribution >= 0.6 is 0 Å². The Hall–Kier alpha value is -1.34. The number of carboxylic acids is 1. The van der Waals surface area contributed by atoms with E-state index < -0.39 is 24.0 Å². The van der Waals surface area contributed by atoms with Crippen molar-refractivity contribution in [3.05, 3.63) is 0 Å². The summed E-state index contributed by atoms with van der Waals surface area (Å²) in [6.45, 7) is 6.59. The monoisotopic (exact) mass is 275 g/mol. The van der Waals surface area contributed by atoms with E-state index in [1.54, 1.807) is 0 Å². The van der Waals surface area contributed by atoms with Crippen molar-refractivity contribution in [2.75, 3.05) is 26.7 Å². The summed E-state index contributed by atoms with van der Waals surface area (Å²) in [5.74, 6) is -1.11. The van der Waals surface area contributed by atoms with Crippen LogP contribution in [0.3, 0.4) is 0 Å². The molecule has 0 aromatic heterocycles. The standard InChI is InChI=1S/C12H25N3O4/c1-9(2)15(4)6-5-13-11(18)14-8-12(3,19)7-10(16)17/h9,19H,5-8H2,1-4H3,(H,16,17)(H2,13,14,18). The minimum absolute atomic E-state index is 0.106. The number of amides is 2. The molecule has 0 heterocycles. The molecule has 1 unspecified atom stereocenters. The van der Waals surface area contributed by atoms with Gasteiger partial charge in [0.25, 0.3) is 0 Å². The van der Waals surface area contributed by atoms with E-state index in [-0.39, 0.29) is 6.54 Å². The van der Waals surface area contributed by atoms with Crippen LogP contribution in [0.5, 0.6) is 0 Å². The van der Waals surface area contributed by atoms with Crippen molar-refractivity contribution < 1.29 is 19.8 Å². The van der Waals surface area contributed by atoms with Gasteiger partial charge >= 0.3 is 12.0 Å². The highest BCUT2D eigenvalue weighted by atomic mass is 16.4. The molecule has 0 rings (SSSR count). The molecule has 0 spiro atoms. The van der Waals surface area contributed by atoms with Crippen LogP contribution in [0.15, 0.2) is 0 Å². The lowest BCUT2D eigenvalue weighted by molar-refractivity contribution is -0.141. The average molecular weight is 275 g/mol. The van der Waals surface area contributed by atoms with Crippen LogP contribution in [0.1, 0.15) is 27.2 Å². The molecule has 0 aliphatic rings. The number of carbonyl (C=O) groups is 2. The average Bonchev–Trinajstić information content (AvgIpc) is 2.24. The molecule has 0 saturated carbocycles. The molecule has 4 N–H and O–H groups in total. The molecule has 7 nitrogen and oxygen atoms in total. The van der Waals surface area contributed by atoms with Crippen molar-refractivity contribution >= 4 is 12.0 Å². The zero-order valence-corrected chi connectivity index (χ0v) is 12.1. The van der Waals surface area contributed by atoms with Gasteiger partial charge < -0.3 is 25.7 Å². The SMILES string of the molecule is CC(C)N(C)CCNC(=O)NCC(C)(O)CC(=O)O. The van der Waals surface area contributed by atoms with Gasteiger partial charge in [0.05, 0.1) is 12.0 Å². The summed E-state index contributed by atoms with van der Waals surface area (Å²) in [6.07, 6.45) is -0.413. The first kappa shape index (κ1) is 17.7. The Morgan fingerprint density at radius 1 is 1.32 bits per heavy atom. The highest BCUT2D eigenvalue weighted by molar-refractivity contribution is 5.74. The lowest BCUT2D eigenvalue weighted by Crippen LogP contribution is -2.47. The molecule has 0 saturated heterocycles. The molecule has 2 amide bonds. The zero-order chi connectivity index (χ0) is 15.1. The van der Waals surface area contributed by atoms with E-state index in [0.717, 1.165) is 6.54 Å². The van der Waals surface area contributed by atoms with Crippen molar-refractivity contribution in [3.63, 3.8) is 0 Å². The van der Waals surface area contributed by atoms with Crippen molar-refractivity contribution in [1.82, 2.24) is 15.5 Å². The lowest BCUT2D eigenvalue weighted by Gasteiger charge is -2.23. The maximum Gasteiger partial charge on any atom is 0.314 e. The van der Waals surface area contributed by atoms with E-state index in [9.17, 15) is 14.7 Å². The number of nitrogens with one attached hydrogen (secondary N) is 2. The second-order valence-corrected chi connectivity index (χ2v) is 5.25. The van der Waals surface area contributed by atoms with Crippen molar-refractivity contribution in [2.45, 2.75) is 38.8 Å². The van der Waals surface area contributed by atoms with E-state index in [1.807, 2.05) is 7.05 Å². The number of urea groups is 1. The molecule has 0 fully saturated rings. The number of aliphatic carboxylic acids is 1. The van der Waals surface area contributed by atoms with Crippen molar-refractivity contribution in [2.24, 2.45) is 0 Å². The molecular weight excluding hydrogens is 250 g/mol. The maximum atomic E-state index is 11.4. The first-order chi connectivity index (χ1) is 8.64. The van der Waals surface area contributed by atoms with E-state index in [0.29, 0.717) is 12.6 Å². The summed E-state index contributed by atoms with van der Waals surface area (Å²) in [5, 5.41) is 23.4. The summed E-state index contributed by atoms with van der Waals surface area (Å²) in [6, 6.07) is -0.0102. The van der Waals surface area contributed by atoms with Crippen molar-refractivity contribution in [1.29, 1.82) is 0 Å². The first-order valence-corrected chi connectivity index (χ1v) is 6.30. The van der Waals surface area contributed by atoms with Crippen LogP contribution in [0, 0.1) is 0 Å². The number of aliphatic hydroxyl groups is 1. The molecule has 112 valence electrons. The molecule has 7 heteroatoms. The van der Waals surface area contributed by atoms with Crippen molar-refractivity contribution in [3.8, 4) is 0 Å². The summed E-state index contributed by atoms with van der Waals surface area (Å²) in [4.78, 5) is 24.0. The normalized spacial score (nSPS) is 14.3. The molecule has 0 aromatic carbocycles.